The van der Waals surface area contributed by atoms with Crippen molar-refractivity contribution in [2.75, 3.05) is 5.73 Å². The zero-order chi connectivity index (χ0) is 21.5. The van der Waals surface area contributed by atoms with E-state index in [1.54, 1.807) is 6.07 Å². The number of halogens is 7. The molecular formula is C16H19Br2I5N3O-. The van der Waals surface area contributed by atoms with Crippen molar-refractivity contribution >= 4 is 118 Å². The van der Waals surface area contributed by atoms with E-state index < -0.39 is 0 Å². The quantitative estimate of drug-likeness (QED) is 0.341. The zero-order valence-corrected chi connectivity index (χ0v) is 28.7. The fourth-order valence-electron chi connectivity index (χ4n) is 1.40. The summed E-state index contributed by atoms with van der Waals surface area (Å²) >= 11 is 16.0. The van der Waals surface area contributed by atoms with Gasteiger partial charge in [0, 0.05) is 54.8 Å². The Balaban J connectivity index is 0. The number of anilines is 1. The monoisotopic (exact) mass is 1060 g/mol. The van der Waals surface area contributed by atoms with Gasteiger partial charge in [-0.3, -0.25) is 4.79 Å². The molecule has 0 saturated carbocycles. The van der Waals surface area contributed by atoms with Crippen LogP contribution in [0, 0.1) is 5.41 Å². The van der Waals surface area contributed by atoms with E-state index in [0.717, 1.165) is 14.9 Å². The van der Waals surface area contributed by atoms with Gasteiger partial charge in [-0.1, -0.05) is 32.9 Å². The number of pyridine rings is 2. The first kappa shape index (κ1) is 31.6. The first-order valence-corrected chi connectivity index (χ1v) is 27.6. The van der Waals surface area contributed by atoms with Gasteiger partial charge in [-0.25, -0.2) is 9.97 Å². The first-order chi connectivity index (χ1) is 12.6. The van der Waals surface area contributed by atoms with Crippen LogP contribution in [0.15, 0.2) is 45.6 Å². The predicted octanol–water partition coefficient (Wildman–Crippen LogP) is 4.97. The van der Waals surface area contributed by atoms with Crippen molar-refractivity contribution in [3.63, 3.8) is 0 Å². The summed E-state index contributed by atoms with van der Waals surface area (Å²) in [5, 5.41) is 0. The van der Waals surface area contributed by atoms with Gasteiger partial charge >= 0.3 is 50.5 Å². The second-order valence-corrected chi connectivity index (χ2v) is 23.6. The minimum atomic E-state index is -0.288. The van der Waals surface area contributed by atoms with Crippen molar-refractivity contribution in [1.29, 1.82) is 0 Å². The number of nitrogen functional groups attached to an aromatic ring is 1. The number of Topliss-reactive ketones (excluding diaryl/α,β-unsaturated/α-hetero) is 1. The number of rotatable bonds is 2. The fourth-order valence-corrected chi connectivity index (χ4v) is 2.14. The maximum absolute atomic E-state index is 11.7. The van der Waals surface area contributed by atoms with Crippen molar-refractivity contribution in [1.82, 2.24) is 9.97 Å². The van der Waals surface area contributed by atoms with Crippen molar-refractivity contribution in [2.45, 2.75) is 27.2 Å². The minimum absolute atomic E-state index is 0.211. The van der Waals surface area contributed by atoms with Gasteiger partial charge in [0.2, 0.25) is 0 Å². The number of carbonyl (C=O) groups excluding carboxylic acids is 1. The zero-order valence-electron chi connectivity index (χ0n) is 14.7. The summed E-state index contributed by atoms with van der Waals surface area (Å²) in [6.07, 6.45) is 0.406. The molecule has 0 spiro atoms. The molecule has 0 aromatic carbocycles. The summed E-state index contributed by atoms with van der Waals surface area (Å²) in [4.78, 5) is 19.8. The van der Waals surface area contributed by atoms with E-state index in [9.17, 15) is 4.79 Å². The average molecular weight is 1060 g/mol. The number of nitrogens with zero attached hydrogens (tertiary/aromatic N) is 2. The van der Waals surface area contributed by atoms with Crippen LogP contribution >= 0.6 is 106 Å². The molecule has 2 aromatic rings. The van der Waals surface area contributed by atoms with E-state index in [1.165, 1.54) is 0 Å². The van der Waals surface area contributed by atoms with Gasteiger partial charge in [0.25, 0.3) is 0 Å². The Morgan fingerprint density at radius 2 is 1.48 bits per heavy atom. The third-order valence-electron chi connectivity index (χ3n) is 2.69. The van der Waals surface area contributed by atoms with E-state index in [0.29, 0.717) is 25.5 Å². The number of ketones is 1. The molecule has 27 heavy (non-hydrogen) atoms. The molecule has 0 unspecified atom stereocenters. The Labute approximate surface area is 231 Å². The maximum Gasteiger partial charge on any atom is 0.124 e. The van der Waals surface area contributed by atoms with Crippen molar-refractivity contribution in [3.05, 3.63) is 51.3 Å². The number of hydrogen-bond acceptors (Lipinski definition) is 4. The summed E-state index contributed by atoms with van der Waals surface area (Å²) in [6, 6.07) is 11.0. The molecule has 2 aromatic heterocycles. The van der Waals surface area contributed by atoms with E-state index in [1.807, 2.05) is 51.1 Å². The minimum Gasteiger partial charge on any atom is -0.384 e. The molecular weight excluding hydrogens is 1040 g/mol. The second-order valence-electron chi connectivity index (χ2n) is 5.74. The number of aromatic nitrogens is 2. The second kappa shape index (κ2) is 19.1. The first-order valence-electron chi connectivity index (χ1n) is 7.14. The molecule has 0 saturated heterocycles. The van der Waals surface area contributed by atoms with Gasteiger partial charge in [-0.05, 0) is 56.1 Å². The van der Waals surface area contributed by atoms with E-state index in [4.69, 9.17) is 5.73 Å². The number of nitrogens with two attached hydrogens (primary N) is 1. The molecule has 2 heterocycles. The van der Waals surface area contributed by atoms with Crippen LogP contribution in [0.2, 0.25) is 0 Å². The van der Waals surface area contributed by atoms with Crippen molar-refractivity contribution in [3.8, 4) is 0 Å². The molecule has 4 nitrogen and oxygen atoms in total. The van der Waals surface area contributed by atoms with Crippen molar-refractivity contribution < 1.29 is 18.0 Å². The summed E-state index contributed by atoms with van der Waals surface area (Å²) in [5.41, 5.74) is 5.85. The van der Waals surface area contributed by atoms with Gasteiger partial charge < -0.3 is 5.73 Å². The van der Waals surface area contributed by atoms with Crippen LogP contribution in [0.5, 0.6) is 0 Å². The third kappa shape index (κ3) is 18.8. The Hall–Kier alpha value is 2.38. The smallest absolute Gasteiger partial charge is 0.124 e. The van der Waals surface area contributed by atoms with E-state index in [-0.39, 0.29) is 11.2 Å². The molecule has 0 fully saturated rings. The topological polar surface area (TPSA) is 68.9 Å². The van der Waals surface area contributed by atoms with E-state index in [2.05, 4.69) is 116 Å². The Kier molecular flexibility index (Phi) is 22.3. The molecule has 0 aliphatic rings. The molecule has 0 atom stereocenters. The average Bonchev–Trinajstić information content (AvgIpc) is 2.57. The van der Waals surface area contributed by atoms with Gasteiger partial charge in [0.1, 0.15) is 20.8 Å². The summed E-state index contributed by atoms with van der Waals surface area (Å²) in [7, 11) is 0. The molecule has 0 aliphatic carbocycles. The molecule has 0 bridgehead atoms. The van der Waals surface area contributed by atoms with Crippen LogP contribution in [-0.2, 0) is 11.2 Å². The van der Waals surface area contributed by atoms with Gasteiger partial charge in [0.15, 0.2) is 0 Å². The van der Waals surface area contributed by atoms with Crippen LogP contribution in [0.3, 0.4) is 0 Å². The summed E-state index contributed by atoms with van der Waals surface area (Å²) in [6.45, 7) is 5.77. The van der Waals surface area contributed by atoms with Gasteiger partial charge in [-0.2, -0.15) is 0 Å². The van der Waals surface area contributed by atoms with Gasteiger partial charge in [-0.15, -0.1) is 0 Å². The Morgan fingerprint density at radius 3 is 1.81 bits per heavy atom. The third-order valence-corrected chi connectivity index (χ3v) is 3.57. The maximum atomic E-state index is 11.7. The Morgan fingerprint density at radius 1 is 1.04 bits per heavy atom. The molecule has 0 radical (unpaired) electrons. The molecule has 11 heteroatoms. The fraction of sp³-hybridized carbons (Fsp3) is 0.312. The van der Waals surface area contributed by atoms with Crippen LogP contribution in [0.4, 0.5) is 5.82 Å². The summed E-state index contributed by atoms with van der Waals surface area (Å²) in [5.74, 6) is 0.752. The van der Waals surface area contributed by atoms with Crippen LogP contribution < -0.4 is 19.0 Å². The predicted molar refractivity (Wildman–Crippen MR) is 153 cm³/mol. The van der Waals surface area contributed by atoms with Crippen LogP contribution in [-0.4, -0.2) is 15.8 Å². The largest absolute Gasteiger partial charge is 0.384 e. The molecule has 0 amide bonds. The molecule has 2 N–H and O–H groups in total. The standard InChI is InChI=1S/C11H14BrNO.C5H5BrN2.I3.I2/c1-11(2,3)9(14)7-8-5-4-6-10(12)13-8;6-4-2-1-3-5(7)8-4;1-3-2;1-2/h4-6H,7H2,1-3H3;1-3H,(H2,7,8);;/q;;-1;. The number of carbonyl (C=O) groups is 1. The normalized spacial score (nSPS) is 9.67. The van der Waals surface area contributed by atoms with Crippen LogP contribution in [0.25, 0.3) is 0 Å². The van der Waals surface area contributed by atoms with E-state index >= 15 is 0 Å². The van der Waals surface area contributed by atoms with Crippen molar-refractivity contribution in [2.24, 2.45) is 5.41 Å². The molecule has 0 aliphatic heterocycles. The Bertz CT molecular complexity index is 655. The molecule has 154 valence electrons. The van der Waals surface area contributed by atoms with Gasteiger partial charge in [0.05, 0.1) is 0 Å². The van der Waals surface area contributed by atoms with Crippen LogP contribution in [0.1, 0.15) is 26.5 Å². The SMILES string of the molecule is CC(C)(C)C(=O)Cc1cccc(Br)n1.II.I[I-]I.Nc1cccc(Br)n1. The summed E-state index contributed by atoms with van der Waals surface area (Å²) < 4.78 is 1.55. The number of hydrogen-bond donors (Lipinski definition) is 1. The molecule has 2 rings (SSSR count).